The van der Waals surface area contributed by atoms with Gasteiger partial charge in [0.15, 0.2) is 0 Å². The van der Waals surface area contributed by atoms with Gasteiger partial charge in [-0.05, 0) is 42.0 Å². The van der Waals surface area contributed by atoms with Gasteiger partial charge in [-0.2, -0.15) is 4.98 Å². The van der Waals surface area contributed by atoms with Crippen molar-refractivity contribution in [3.05, 3.63) is 65.0 Å². The summed E-state index contributed by atoms with van der Waals surface area (Å²) in [6.45, 7) is 0.412. The van der Waals surface area contributed by atoms with Crippen LogP contribution in [0.15, 0.2) is 53.1 Å². The molecule has 25 heavy (non-hydrogen) atoms. The van der Waals surface area contributed by atoms with E-state index in [1.165, 1.54) is 0 Å². The number of benzene rings is 2. The quantitative estimate of drug-likeness (QED) is 0.732. The van der Waals surface area contributed by atoms with Gasteiger partial charge in [0.2, 0.25) is 17.6 Å². The van der Waals surface area contributed by atoms with Crippen LogP contribution in [0.3, 0.4) is 0 Å². The number of ether oxygens (including phenoxy) is 1. The molecule has 0 bridgehead atoms. The van der Waals surface area contributed by atoms with Crippen LogP contribution in [0.25, 0.3) is 11.4 Å². The van der Waals surface area contributed by atoms with Crippen LogP contribution >= 0.6 is 11.6 Å². The maximum atomic E-state index is 12.0. The van der Waals surface area contributed by atoms with Gasteiger partial charge in [0.05, 0.1) is 7.11 Å². The molecule has 1 heterocycles. The summed E-state index contributed by atoms with van der Waals surface area (Å²) in [5.74, 6) is 1.25. The molecule has 0 aliphatic heterocycles. The van der Waals surface area contributed by atoms with E-state index < -0.39 is 0 Å². The maximum absolute atomic E-state index is 12.0. The second-order valence-electron chi connectivity index (χ2n) is 5.32. The van der Waals surface area contributed by atoms with Crippen LogP contribution in [0.5, 0.6) is 5.75 Å². The van der Waals surface area contributed by atoms with Crippen molar-refractivity contribution >= 4 is 17.5 Å². The highest BCUT2D eigenvalue weighted by Gasteiger charge is 2.12. The molecular weight excluding hydrogens is 342 g/mol. The highest BCUT2D eigenvalue weighted by Crippen LogP contribution is 2.19. The van der Waals surface area contributed by atoms with Crippen molar-refractivity contribution < 1.29 is 14.1 Å². The summed E-state index contributed by atoms with van der Waals surface area (Å²) in [5, 5.41) is 7.37. The molecule has 6 nitrogen and oxygen atoms in total. The second-order valence-corrected chi connectivity index (χ2v) is 5.76. The topological polar surface area (TPSA) is 77.2 Å². The van der Waals surface area contributed by atoms with Gasteiger partial charge in [-0.25, -0.2) is 0 Å². The van der Waals surface area contributed by atoms with E-state index in [9.17, 15) is 4.79 Å². The summed E-state index contributed by atoms with van der Waals surface area (Å²) in [6.07, 6.45) is 0.0245. The predicted octanol–water partition coefficient (Wildman–Crippen LogP) is 3.26. The third-order valence-electron chi connectivity index (χ3n) is 3.53. The Morgan fingerprint density at radius 1 is 1.16 bits per heavy atom. The number of hydrogen-bond acceptors (Lipinski definition) is 5. The summed E-state index contributed by atoms with van der Waals surface area (Å²) in [5.41, 5.74) is 1.75. The van der Waals surface area contributed by atoms with Crippen LogP contribution < -0.4 is 10.1 Å². The summed E-state index contributed by atoms with van der Waals surface area (Å²) in [4.78, 5) is 16.2. The first-order chi connectivity index (χ1) is 12.1. The second kappa shape index (κ2) is 7.81. The van der Waals surface area contributed by atoms with E-state index in [1.54, 1.807) is 19.2 Å². The Balaban J connectivity index is 1.56. The molecule has 1 N–H and O–H groups in total. The molecule has 0 radical (unpaired) electrons. The molecule has 0 spiro atoms. The van der Waals surface area contributed by atoms with E-state index in [-0.39, 0.29) is 18.2 Å². The molecule has 7 heteroatoms. The van der Waals surface area contributed by atoms with Gasteiger partial charge in [-0.15, -0.1) is 0 Å². The Bertz CT molecular complexity index is 845. The molecule has 1 amide bonds. The van der Waals surface area contributed by atoms with Gasteiger partial charge in [-0.3, -0.25) is 4.79 Å². The van der Waals surface area contributed by atoms with E-state index in [0.717, 1.165) is 16.9 Å². The number of hydrogen-bond donors (Lipinski definition) is 1. The van der Waals surface area contributed by atoms with E-state index >= 15 is 0 Å². The number of nitrogens with zero attached hydrogens (tertiary/aromatic N) is 2. The lowest BCUT2D eigenvalue weighted by Crippen LogP contribution is -2.24. The highest BCUT2D eigenvalue weighted by molar-refractivity contribution is 6.30. The molecule has 0 saturated heterocycles. The molecule has 0 atom stereocenters. The largest absolute Gasteiger partial charge is 0.497 e. The molecule has 0 saturated carbocycles. The van der Waals surface area contributed by atoms with Crippen LogP contribution in [0.1, 0.15) is 11.5 Å². The fourth-order valence-electron chi connectivity index (χ4n) is 2.19. The van der Waals surface area contributed by atoms with E-state index in [2.05, 4.69) is 15.5 Å². The lowest BCUT2D eigenvalue weighted by atomic mass is 10.2. The summed E-state index contributed by atoms with van der Waals surface area (Å²) < 4.78 is 10.3. The highest BCUT2D eigenvalue weighted by atomic mass is 35.5. The fourth-order valence-corrected chi connectivity index (χ4v) is 2.31. The summed E-state index contributed by atoms with van der Waals surface area (Å²) in [7, 11) is 1.60. The van der Waals surface area contributed by atoms with Crippen LogP contribution in [0.4, 0.5) is 0 Å². The SMILES string of the molecule is COc1ccc(-c2noc(CC(=O)NCc3ccc(Cl)cc3)n2)cc1. The zero-order valence-electron chi connectivity index (χ0n) is 13.5. The average Bonchev–Trinajstić information content (AvgIpc) is 3.10. The molecular formula is C18H16ClN3O3. The number of aromatic nitrogens is 2. The first-order valence-corrected chi connectivity index (χ1v) is 8.00. The van der Waals surface area contributed by atoms with Crippen LogP contribution in [-0.4, -0.2) is 23.2 Å². The van der Waals surface area contributed by atoms with Gasteiger partial charge in [0, 0.05) is 17.1 Å². The predicted molar refractivity (Wildman–Crippen MR) is 93.3 cm³/mol. The number of nitrogens with one attached hydrogen (secondary N) is 1. The molecule has 1 aromatic heterocycles. The summed E-state index contributed by atoms with van der Waals surface area (Å²) >= 11 is 5.83. The van der Waals surface area contributed by atoms with Crippen molar-refractivity contribution in [2.75, 3.05) is 7.11 Å². The van der Waals surface area contributed by atoms with Gasteiger partial charge in [0.1, 0.15) is 12.2 Å². The first-order valence-electron chi connectivity index (χ1n) is 7.62. The van der Waals surface area contributed by atoms with Crippen molar-refractivity contribution in [2.24, 2.45) is 0 Å². The van der Waals surface area contributed by atoms with Gasteiger partial charge in [-0.1, -0.05) is 28.9 Å². The smallest absolute Gasteiger partial charge is 0.236 e. The normalized spacial score (nSPS) is 10.5. The molecule has 3 aromatic rings. The van der Waals surface area contributed by atoms with Crippen molar-refractivity contribution in [1.29, 1.82) is 0 Å². The van der Waals surface area contributed by atoms with Crippen molar-refractivity contribution in [3.8, 4) is 17.1 Å². The zero-order chi connectivity index (χ0) is 17.6. The number of rotatable bonds is 6. The van der Waals surface area contributed by atoms with E-state index in [4.69, 9.17) is 20.9 Å². The number of carbonyl (C=O) groups is 1. The van der Waals surface area contributed by atoms with Gasteiger partial charge >= 0.3 is 0 Å². The van der Waals surface area contributed by atoms with Crippen molar-refractivity contribution in [2.45, 2.75) is 13.0 Å². The molecule has 3 rings (SSSR count). The molecule has 0 fully saturated rings. The summed E-state index contributed by atoms with van der Waals surface area (Å²) in [6, 6.07) is 14.6. The monoisotopic (exact) mass is 357 g/mol. The van der Waals surface area contributed by atoms with Crippen molar-refractivity contribution in [1.82, 2.24) is 15.5 Å². The minimum atomic E-state index is -0.195. The van der Waals surface area contributed by atoms with E-state index in [1.807, 2.05) is 36.4 Å². The van der Waals surface area contributed by atoms with Gasteiger partial charge < -0.3 is 14.6 Å². The number of amides is 1. The minimum absolute atomic E-state index is 0.0245. The first kappa shape index (κ1) is 17.0. The van der Waals surface area contributed by atoms with Crippen LogP contribution in [-0.2, 0) is 17.8 Å². The standard InChI is InChI=1S/C18H16ClN3O3/c1-24-15-8-4-13(5-9-15)18-21-17(25-22-18)10-16(23)20-11-12-2-6-14(19)7-3-12/h2-9H,10-11H2,1H3,(H,20,23). The molecule has 0 unspecified atom stereocenters. The van der Waals surface area contributed by atoms with E-state index in [0.29, 0.717) is 17.4 Å². The lowest BCUT2D eigenvalue weighted by molar-refractivity contribution is -0.120. The number of halogens is 1. The Hall–Kier alpha value is -2.86. The third kappa shape index (κ3) is 4.58. The fraction of sp³-hybridized carbons (Fsp3) is 0.167. The number of methoxy groups -OCH3 is 1. The molecule has 0 aliphatic rings. The van der Waals surface area contributed by atoms with Crippen LogP contribution in [0, 0.1) is 0 Å². The molecule has 128 valence electrons. The Morgan fingerprint density at radius 3 is 2.56 bits per heavy atom. The third-order valence-corrected chi connectivity index (χ3v) is 3.78. The zero-order valence-corrected chi connectivity index (χ0v) is 14.3. The van der Waals surface area contributed by atoms with Gasteiger partial charge in [0.25, 0.3) is 0 Å². The molecule has 2 aromatic carbocycles. The van der Waals surface area contributed by atoms with Crippen molar-refractivity contribution in [3.63, 3.8) is 0 Å². The minimum Gasteiger partial charge on any atom is -0.497 e. The maximum Gasteiger partial charge on any atom is 0.236 e. The molecule has 0 aliphatic carbocycles. The lowest BCUT2D eigenvalue weighted by Gasteiger charge is -2.03. The Kier molecular flexibility index (Phi) is 5.30. The average molecular weight is 358 g/mol. The Morgan fingerprint density at radius 2 is 1.88 bits per heavy atom. The Labute approximate surface area is 149 Å². The number of carbonyl (C=O) groups excluding carboxylic acids is 1. The van der Waals surface area contributed by atoms with Crippen LogP contribution in [0.2, 0.25) is 5.02 Å².